The molecule has 1 heterocycles. The molecule has 0 aromatic rings. The van der Waals surface area contributed by atoms with Crippen LogP contribution in [0, 0.1) is 13.0 Å². The third kappa shape index (κ3) is 21.0. The predicted molar refractivity (Wildman–Crippen MR) is 128 cm³/mol. The van der Waals surface area contributed by atoms with Crippen molar-refractivity contribution in [2.45, 2.75) is 47.5 Å². The molecule has 5 nitrogen and oxygen atoms in total. The first-order valence-electron chi connectivity index (χ1n) is 11.5. The normalized spacial score (nSPS) is 21.9. The molecule has 0 saturated carbocycles. The van der Waals surface area contributed by atoms with Gasteiger partial charge in [0, 0.05) is 13.1 Å². The molecule has 0 aliphatic carbocycles. The Labute approximate surface area is 242 Å². The van der Waals surface area contributed by atoms with Crippen molar-refractivity contribution < 1.29 is 72.4 Å². The van der Waals surface area contributed by atoms with Crippen LogP contribution in [0.15, 0.2) is 36.1 Å². The fourth-order valence-corrected chi connectivity index (χ4v) is 2.80. The molecular formula is C25H47N2O3Rb. The van der Waals surface area contributed by atoms with E-state index >= 15 is 0 Å². The maximum Gasteiger partial charge on any atom is 1.00 e. The van der Waals surface area contributed by atoms with Gasteiger partial charge in [0.25, 0.3) is 0 Å². The van der Waals surface area contributed by atoms with Crippen molar-refractivity contribution in [3.8, 4) is 0 Å². The van der Waals surface area contributed by atoms with Crippen molar-refractivity contribution in [3.63, 3.8) is 0 Å². The molecule has 1 aliphatic heterocycles. The summed E-state index contributed by atoms with van der Waals surface area (Å²) in [6.07, 6.45) is 8.06. The molecule has 0 amide bonds. The van der Waals surface area contributed by atoms with Crippen LogP contribution in [-0.4, -0.2) is 75.6 Å². The zero-order chi connectivity index (χ0) is 22.6. The summed E-state index contributed by atoms with van der Waals surface area (Å²) in [6, 6.07) is 0. The minimum atomic E-state index is 0. The fraction of sp³-hybridized carbons (Fsp3) is 0.720. The summed E-state index contributed by atoms with van der Waals surface area (Å²) in [4.78, 5) is 4.39. The Morgan fingerprint density at radius 1 is 1.00 bits per heavy atom. The van der Waals surface area contributed by atoms with Crippen molar-refractivity contribution in [1.29, 1.82) is 0 Å². The first-order chi connectivity index (χ1) is 14.4. The Bertz CT molecular complexity index is 479. The second kappa shape index (κ2) is 23.8. The summed E-state index contributed by atoms with van der Waals surface area (Å²) in [6.45, 7) is 22.5. The van der Waals surface area contributed by atoms with Crippen LogP contribution in [0.2, 0.25) is 0 Å². The van der Waals surface area contributed by atoms with Crippen LogP contribution in [0.4, 0.5) is 0 Å². The van der Waals surface area contributed by atoms with Crippen LogP contribution in [0.1, 0.15) is 47.5 Å². The molecule has 0 spiro atoms. The van der Waals surface area contributed by atoms with Crippen molar-refractivity contribution in [3.05, 3.63) is 43.2 Å². The molecule has 176 valence electrons. The van der Waals surface area contributed by atoms with Gasteiger partial charge in [0.2, 0.25) is 0 Å². The van der Waals surface area contributed by atoms with E-state index in [0.717, 1.165) is 63.8 Å². The molecule has 0 radical (unpaired) electrons. The molecule has 1 aliphatic rings. The molecule has 0 fully saturated rings. The number of likely N-dealkylation sites (N-methyl/N-ethyl adjacent to an activating group) is 1. The molecule has 0 aromatic carbocycles. The van der Waals surface area contributed by atoms with Crippen molar-refractivity contribution >= 4 is 0 Å². The molecule has 31 heavy (non-hydrogen) atoms. The zero-order valence-electron chi connectivity index (χ0n) is 21.3. The SMILES string of the molecule is C=C/C1=C(\C=C/C)CCCN(CC)CCOCCOCCN([CH2-])CCO1.CC(C)C.[Rb+]. The van der Waals surface area contributed by atoms with Gasteiger partial charge in [-0.1, -0.05) is 46.4 Å². The van der Waals surface area contributed by atoms with Gasteiger partial charge in [-0.15, -0.1) is 0 Å². The van der Waals surface area contributed by atoms with E-state index in [1.165, 1.54) is 5.57 Å². The van der Waals surface area contributed by atoms with Crippen molar-refractivity contribution in [2.75, 3.05) is 65.8 Å². The maximum atomic E-state index is 5.98. The smallest absolute Gasteiger partial charge is 0.492 e. The number of hydrogen-bond donors (Lipinski definition) is 0. The van der Waals surface area contributed by atoms with Crippen LogP contribution < -0.4 is 58.2 Å². The number of allylic oxidation sites excluding steroid dienone is 4. The standard InChI is InChI=1S/C21H37N2O3.C4H10.Rb/c1-5-9-20-10-8-11-23(7-3)14-16-25-19-18-24-15-12-22(4)13-17-26-21(20)6-2;1-4(2)3;/h5-6,9H,2,4,7-8,10-19H2,1,3H3;4H,1-3H3;/q-1;;+1/b9-5-,21-20-;;. The summed E-state index contributed by atoms with van der Waals surface area (Å²) in [5, 5.41) is 0. The Morgan fingerprint density at radius 3 is 2.13 bits per heavy atom. The molecule has 0 unspecified atom stereocenters. The number of rotatable bonds is 3. The molecule has 0 saturated heterocycles. The number of hydrogen-bond acceptors (Lipinski definition) is 5. The van der Waals surface area contributed by atoms with E-state index < -0.39 is 0 Å². The first kappa shape index (κ1) is 33.8. The van der Waals surface area contributed by atoms with Gasteiger partial charge < -0.3 is 24.0 Å². The van der Waals surface area contributed by atoms with Crippen LogP contribution >= 0.6 is 0 Å². The first-order valence-corrected chi connectivity index (χ1v) is 11.5. The van der Waals surface area contributed by atoms with E-state index in [0.29, 0.717) is 26.4 Å². The molecule has 0 aromatic heterocycles. The molecule has 1 rings (SSSR count). The Kier molecular flexibility index (Phi) is 26.0. The summed E-state index contributed by atoms with van der Waals surface area (Å²) in [7, 11) is 4.03. The van der Waals surface area contributed by atoms with E-state index in [1.807, 2.05) is 17.9 Å². The Hall–Kier alpha value is 0.665. The monoisotopic (exact) mass is 508 g/mol. The summed E-state index contributed by atoms with van der Waals surface area (Å²) in [5.74, 6) is 1.71. The van der Waals surface area contributed by atoms with Gasteiger partial charge in [0.05, 0.1) is 33.0 Å². The molecule has 0 N–H and O–H groups in total. The summed E-state index contributed by atoms with van der Waals surface area (Å²) < 4.78 is 17.3. The number of nitrogens with zero attached hydrogens (tertiary/aromatic N) is 2. The molecular weight excluding hydrogens is 462 g/mol. The van der Waals surface area contributed by atoms with E-state index in [9.17, 15) is 0 Å². The molecule has 6 heteroatoms. The third-order valence-electron chi connectivity index (χ3n) is 4.38. The minimum Gasteiger partial charge on any atom is -0.492 e. The van der Waals surface area contributed by atoms with Gasteiger partial charge >= 0.3 is 58.2 Å². The maximum absolute atomic E-state index is 5.98. The quantitative estimate of drug-likeness (QED) is 0.544. The zero-order valence-corrected chi connectivity index (χ0v) is 26.2. The van der Waals surface area contributed by atoms with Gasteiger partial charge in [-0.25, -0.2) is 0 Å². The largest absolute Gasteiger partial charge is 1.00 e. The van der Waals surface area contributed by atoms with Crippen molar-refractivity contribution in [2.24, 2.45) is 5.92 Å². The molecule has 0 bridgehead atoms. The van der Waals surface area contributed by atoms with Crippen LogP contribution in [0.3, 0.4) is 0 Å². The van der Waals surface area contributed by atoms with E-state index in [-0.39, 0.29) is 58.2 Å². The Balaban J connectivity index is 0. The number of ether oxygens (including phenoxy) is 3. The predicted octanol–water partition coefficient (Wildman–Crippen LogP) is 1.93. The fourth-order valence-electron chi connectivity index (χ4n) is 2.80. The van der Waals surface area contributed by atoms with Gasteiger partial charge in [-0.3, -0.25) is 7.05 Å². The second-order valence-corrected chi connectivity index (χ2v) is 8.05. The summed E-state index contributed by atoms with van der Waals surface area (Å²) >= 11 is 0. The van der Waals surface area contributed by atoms with Gasteiger partial charge in [-0.05, 0) is 57.0 Å². The average molecular weight is 509 g/mol. The average Bonchev–Trinajstić information content (AvgIpc) is 2.70. The minimum absolute atomic E-state index is 0. The van der Waals surface area contributed by atoms with Crippen LogP contribution in [-0.2, 0) is 14.2 Å². The van der Waals surface area contributed by atoms with E-state index in [1.54, 1.807) is 0 Å². The van der Waals surface area contributed by atoms with E-state index in [4.69, 9.17) is 14.2 Å². The molecule has 0 atom stereocenters. The van der Waals surface area contributed by atoms with Crippen LogP contribution in [0.5, 0.6) is 0 Å². The third-order valence-corrected chi connectivity index (χ3v) is 4.38. The van der Waals surface area contributed by atoms with Crippen molar-refractivity contribution in [1.82, 2.24) is 9.80 Å². The van der Waals surface area contributed by atoms with E-state index in [2.05, 4.69) is 58.4 Å². The summed E-state index contributed by atoms with van der Waals surface area (Å²) in [5.41, 5.74) is 1.20. The topological polar surface area (TPSA) is 34.2 Å². The second-order valence-electron chi connectivity index (χ2n) is 8.05. The van der Waals surface area contributed by atoms with Gasteiger partial charge in [-0.2, -0.15) is 0 Å². The van der Waals surface area contributed by atoms with Crippen LogP contribution in [0.25, 0.3) is 0 Å². The van der Waals surface area contributed by atoms with Gasteiger partial charge in [0.1, 0.15) is 5.76 Å². The Morgan fingerprint density at radius 2 is 1.58 bits per heavy atom. The van der Waals surface area contributed by atoms with Gasteiger partial charge in [0.15, 0.2) is 0 Å².